The number of hydrogen-bond donors (Lipinski definition) is 2. The number of imide groups is 1. The number of fused-ring (bicyclic) bond motifs is 1. The van der Waals surface area contributed by atoms with Crippen molar-refractivity contribution in [3.05, 3.63) is 78.5 Å². The highest BCUT2D eigenvalue weighted by Gasteiger charge is 2.40. The summed E-state index contributed by atoms with van der Waals surface area (Å²) in [6, 6.07) is 19.5. The molecule has 1 aliphatic rings. The van der Waals surface area contributed by atoms with Crippen molar-refractivity contribution in [1.82, 2.24) is 4.98 Å². The molecule has 0 radical (unpaired) electrons. The minimum absolute atomic E-state index is 0.106. The van der Waals surface area contributed by atoms with Gasteiger partial charge in [-0.15, -0.1) is 11.8 Å². The van der Waals surface area contributed by atoms with Crippen molar-refractivity contribution in [2.24, 2.45) is 0 Å². The molecule has 2 N–H and O–H groups in total. The molecule has 0 aliphatic carbocycles. The first kappa shape index (κ1) is 23.5. The highest BCUT2D eigenvalue weighted by Crippen LogP contribution is 2.36. The van der Waals surface area contributed by atoms with Gasteiger partial charge in [0.2, 0.25) is 11.8 Å². The summed E-state index contributed by atoms with van der Waals surface area (Å²) in [6.07, 6.45) is 1.92. The number of aromatic nitrogens is 1. The van der Waals surface area contributed by atoms with Crippen molar-refractivity contribution < 1.29 is 23.9 Å². The molecule has 3 aromatic carbocycles. The van der Waals surface area contributed by atoms with Crippen LogP contribution in [0.3, 0.4) is 0 Å². The standard InChI is InChI=1S/C27H23N3O5S/c1-34-22-9-7-17(12-23(22)35-2)26(32)29-18-4-3-5-20(13-18)36-24-15-25(31)30(27(24)33)19-8-6-16-10-11-28-21(16)14-19/h3-14,24,28H,15H2,1-2H3,(H,29,32). The minimum atomic E-state index is -0.548. The second-order valence-corrected chi connectivity index (χ2v) is 9.46. The fraction of sp³-hybridized carbons (Fsp3) is 0.148. The van der Waals surface area contributed by atoms with E-state index in [9.17, 15) is 14.4 Å². The van der Waals surface area contributed by atoms with Crippen LogP contribution in [0.5, 0.6) is 11.5 Å². The van der Waals surface area contributed by atoms with Gasteiger partial charge in [-0.25, -0.2) is 4.90 Å². The molecule has 182 valence electrons. The van der Waals surface area contributed by atoms with E-state index in [0.29, 0.717) is 28.4 Å². The molecule has 1 aromatic heterocycles. The van der Waals surface area contributed by atoms with Crippen LogP contribution in [0, 0.1) is 0 Å². The third kappa shape index (κ3) is 4.52. The molecule has 2 heterocycles. The highest BCUT2D eigenvalue weighted by molar-refractivity contribution is 8.00. The molecule has 5 rings (SSSR count). The van der Waals surface area contributed by atoms with Crippen LogP contribution >= 0.6 is 11.8 Å². The lowest BCUT2D eigenvalue weighted by atomic mass is 10.2. The normalized spacial score (nSPS) is 15.4. The molecule has 0 spiro atoms. The number of rotatable bonds is 7. The predicted octanol–water partition coefficient (Wildman–Crippen LogP) is 4.86. The van der Waals surface area contributed by atoms with Crippen LogP contribution in [0.15, 0.2) is 77.8 Å². The predicted molar refractivity (Wildman–Crippen MR) is 139 cm³/mol. The van der Waals surface area contributed by atoms with Gasteiger partial charge in [0, 0.05) is 34.3 Å². The molecule has 1 unspecified atom stereocenters. The van der Waals surface area contributed by atoms with Crippen LogP contribution in [0.1, 0.15) is 16.8 Å². The first-order chi connectivity index (χ1) is 17.5. The van der Waals surface area contributed by atoms with Gasteiger partial charge >= 0.3 is 0 Å². The molecule has 3 amide bonds. The number of ether oxygens (including phenoxy) is 2. The molecule has 0 saturated carbocycles. The summed E-state index contributed by atoms with van der Waals surface area (Å²) in [6.45, 7) is 0. The monoisotopic (exact) mass is 501 g/mol. The third-order valence-electron chi connectivity index (χ3n) is 5.92. The maximum absolute atomic E-state index is 13.1. The van der Waals surface area contributed by atoms with Crippen molar-refractivity contribution in [1.29, 1.82) is 0 Å². The molecular weight excluding hydrogens is 478 g/mol. The van der Waals surface area contributed by atoms with Crippen molar-refractivity contribution >= 4 is 51.8 Å². The summed E-state index contributed by atoms with van der Waals surface area (Å²) in [5.41, 5.74) is 2.41. The Morgan fingerprint density at radius 1 is 1.00 bits per heavy atom. The zero-order valence-electron chi connectivity index (χ0n) is 19.6. The van der Waals surface area contributed by atoms with Gasteiger partial charge in [-0.05, 0) is 60.0 Å². The summed E-state index contributed by atoms with van der Waals surface area (Å²) < 4.78 is 10.5. The van der Waals surface area contributed by atoms with E-state index in [1.54, 1.807) is 42.5 Å². The van der Waals surface area contributed by atoms with Crippen LogP contribution in [0.25, 0.3) is 10.9 Å². The van der Waals surface area contributed by atoms with E-state index in [4.69, 9.17) is 9.47 Å². The van der Waals surface area contributed by atoms with Gasteiger partial charge in [0.1, 0.15) is 0 Å². The Morgan fingerprint density at radius 3 is 2.64 bits per heavy atom. The van der Waals surface area contributed by atoms with E-state index in [2.05, 4.69) is 10.3 Å². The number of nitrogens with zero attached hydrogens (tertiary/aromatic N) is 1. The molecular formula is C27H23N3O5S. The van der Waals surface area contributed by atoms with E-state index in [-0.39, 0.29) is 24.1 Å². The number of carbonyl (C=O) groups is 3. The lowest BCUT2D eigenvalue weighted by molar-refractivity contribution is -0.121. The summed E-state index contributed by atoms with van der Waals surface area (Å²) in [5, 5.41) is 3.33. The van der Waals surface area contributed by atoms with Crippen LogP contribution < -0.4 is 19.7 Å². The second kappa shape index (κ2) is 9.79. The molecule has 8 nitrogen and oxygen atoms in total. The van der Waals surface area contributed by atoms with Gasteiger partial charge in [-0.1, -0.05) is 12.1 Å². The Bertz CT molecular complexity index is 1480. The number of nitrogens with one attached hydrogen (secondary N) is 2. The molecule has 9 heteroatoms. The molecule has 0 bridgehead atoms. The Morgan fingerprint density at radius 2 is 1.83 bits per heavy atom. The summed E-state index contributed by atoms with van der Waals surface area (Å²) >= 11 is 1.31. The third-order valence-corrected chi connectivity index (χ3v) is 7.10. The number of benzene rings is 3. The lowest BCUT2D eigenvalue weighted by Gasteiger charge is -2.15. The summed E-state index contributed by atoms with van der Waals surface area (Å²) in [7, 11) is 3.04. The quantitative estimate of drug-likeness (QED) is 0.351. The van der Waals surface area contributed by atoms with E-state index in [0.717, 1.165) is 15.8 Å². The van der Waals surface area contributed by atoms with Crippen molar-refractivity contribution in [2.45, 2.75) is 16.6 Å². The zero-order chi connectivity index (χ0) is 25.2. The first-order valence-electron chi connectivity index (χ1n) is 11.2. The number of thioether (sulfide) groups is 1. The van der Waals surface area contributed by atoms with Gasteiger partial charge in [-0.3, -0.25) is 14.4 Å². The largest absolute Gasteiger partial charge is 0.493 e. The van der Waals surface area contributed by atoms with E-state index >= 15 is 0 Å². The van der Waals surface area contributed by atoms with Gasteiger partial charge in [0.05, 0.1) is 25.2 Å². The molecule has 36 heavy (non-hydrogen) atoms. The highest BCUT2D eigenvalue weighted by atomic mass is 32.2. The number of carbonyl (C=O) groups excluding carboxylic acids is 3. The number of methoxy groups -OCH3 is 2. The van der Waals surface area contributed by atoms with Gasteiger partial charge in [0.25, 0.3) is 5.91 Å². The number of hydrogen-bond acceptors (Lipinski definition) is 6. The Labute approximate surface area is 211 Å². The van der Waals surface area contributed by atoms with Crippen LogP contribution in [0.4, 0.5) is 11.4 Å². The summed E-state index contributed by atoms with van der Waals surface area (Å²) in [5.74, 6) is 0.192. The first-order valence-corrected chi connectivity index (χ1v) is 12.1. The average molecular weight is 502 g/mol. The van der Waals surface area contributed by atoms with E-state index < -0.39 is 5.25 Å². The van der Waals surface area contributed by atoms with E-state index in [1.165, 1.54) is 30.9 Å². The lowest BCUT2D eigenvalue weighted by Crippen LogP contribution is -2.31. The van der Waals surface area contributed by atoms with Crippen molar-refractivity contribution in [3.8, 4) is 11.5 Å². The maximum Gasteiger partial charge on any atom is 0.255 e. The Kier molecular flexibility index (Phi) is 6.39. The zero-order valence-corrected chi connectivity index (χ0v) is 20.4. The second-order valence-electron chi connectivity index (χ2n) is 8.18. The average Bonchev–Trinajstić information content (AvgIpc) is 3.46. The number of H-pyrrole nitrogens is 1. The maximum atomic E-state index is 13.1. The molecule has 1 saturated heterocycles. The molecule has 1 fully saturated rings. The van der Waals surface area contributed by atoms with Crippen LogP contribution in [-0.4, -0.2) is 42.2 Å². The number of anilines is 2. The van der Waals surface area contributed by atoms with E-state index in [1.807, 2.05) is 30.5 Å². The number of amides is 3. The summed E-state index contributed by atoms with van der Waals surface area (Å²) in [4.78, 5) is 43.8. The molecule has 1 aliphatic heterocycles. The Hall–Kier alpha value is -4.24. The topological polar surface area (TPSA) is 101 Å². The van der Waals surface area contributed by atoms with Crippen molar-refractivity contribution in [3.63, 3.8) is 0 Å². The van der Waals surface area contributed by atoms with Gasteiger partial charge < -0.3 is 19.8 Å². The molecule has 4 aromatic rings. The molecule has 1 atom stereocenters. The minimum Gasteiger partial charge on any atom is -0.493 e. The smallest absolute Gasteiger partial charge is 0.255 e. The van der Waals surface area contributed by atoms with Gasteiger partial charge in [-0.2, -0.15) is 0 Å². The van der Waals surface area contributed by atoms with Crippen molar-refractivity contribution in [2.75, 3.05) is 24.4 Å². The van der Waals surface area contributed by atoms with Gasteiger partial charge in [0.15, 0.2) is 11.5 Å². The van der Waals surface area contributed by atoms with Crippen LogP contribution in [-0.2, 0) is 9.59 Å². The van der Waals surface area contributed by atoms with Crippen LogP contribution in [0.2, 0.25) is 0 Å². The number of aromatic amines is 1. The fourth-order valence-corrected chi connectivity index (χ4v) is 5.25. The Balaban J connectivity index is 1.29. The fourth-order valence-electron chi connectivity index (χ4n) is 4.13. The SMILES string of the molecule is COc1ccc(C(=O)Nc2cccc(SC3CC(=O)N(c4ccc5cc[nH]c5c4)C3=O)c2)cc1OC.